The van der Waals surface area contributed by atoms with Crippen molar-refractivity contribution in [1.82, 2.24) is 0 Å². The molecule has 0 aliphatic rings. The van der Waals surface area contributed by atoms with Crippen molar-refractivity contribution < 1.29 is 9.53 Å². The molecular formula is C14H20ClNO2. The van der Waals surface area contributed by atoms with Crippen LogP contribution in [-0.4, -0.2) is 24.6 Å². The Bertz CT molecular complexity index is 356. The molecule has 0 radical (unpaired) electrons. The molecule has 1 amide bonds. The van der Waals surface area contributed by atoms with Crippen LogP contribution in [0, 0.1) is 0 Å². The maximum absolute atomic E-state index is 12.3. The fourth-order valence-electron chi connectivity index (χ4n) is 1.60. The van der Waals surface area contributed by atoms with Gasteiger partial charge in [0, 0.05) is 12.3 Å². The van der Waals surface area contributed by atoms with Gasteiger partial charge in [0.25, 0.3) is 0 Å². The Balaban J connectivity index is 2.81. The van der Waals surface area contributed by atoms with Crippen molar-refractivity contribution >= 4 is 23.2 Å². The van der Waals surface area contributed by atoms with Gasteiger partial charge >= 0.3 is 0 Å². The second-order valence-electron chi connectivity index (χ2n) is 3.98. The maximum atomic E-state index is 12.3. The van der Waals surface area contributed by atoms with E-state index < -0.39 is 5.38 Å². The molecule has 1 aromatic rings. The summed E-state index contributed by atoms with van der Waals surface area (Å²) in [4.78, 5) is 13.8. The molecule has 1 rings (SSSR count). The number of para-hydroxylation sites is 1. The zero-order chi connectivity index (χ0) is 13.4. The number of halogens is 1. The van der Waals surface area contributed by atoms with Crippen LogP contribution in [0.25, 0.3) is 0 Å². The second-order valence-corrected chi connectivity index (χ2v) is 4.51. The van der Waals surface area contributed by atoms with Crippen LogP contribution in [0.3, 0.4) is 0 Å². The summed E-state index contributed by atoms with van der Waals surface area (Å²) in [6.07, 6.45) is 1.56. The fourth-order valence-corrected chi connectivity index (χ4v) is 1.94. The minimum absolute atomic E-state index is 0.0989. The lowest BCUT2D eigenvalue weighted by Gasteiger charge is -2.24. The molecule has 1 unspecified atom stereocenters. The van der Waals surface area contributed by atoms with Gasteiger partial charge in [0.05, 0.1) is 0 Å². The third-order valence-electron chi connectivity index (χ3n) is 2.57. The number of alkyl halides is 1. The highest BCUT2D eigenvalue weighted by molar-refractivity contribution is 6.32. The molecule has 3 nitrogen and oxygen atoms in total. The highest BCUT2D eigenvalue weighted by Crippen LogP contribution is 2.18. The minimum Gasteiger partial charge on any atom is -0.361 e. The lowest BCUT2D eigenvalue weighted by molar-refractivity contribution is -0.119. The van der Waals surface area contributed by atoms with Crippen molar-refractivity contribution in [3.8, 4) is 0 Å². The molecule has 0 aliphatic carbocycles. The van der Waals surface area contributed by atoms with Gasteiger partial charge in [0.2, 0.25) is 5.91 Å². The van der Waals surface area contributed by atoms with Gasteiger partial charge in [-0.15, -0.1) is 11.6 Å². The van der Waals surface area contributed by atoms with Crippen LogP contribution in [-0.2, 0) is 9.53 Å². The standard InChI is InChI=1S/C14H20ClNO2/c1-3-8-13(15)14(17)16(11-18-4-2)12-9-6-5-7-10-12/h5-7,9-10,13H,3-4,8,11H2,1-2H3. The van der Waals surface area contributed by atoms with Crippen LogP contribution in [0.15, 0.2) is 30.3 Å². The van der Waals surface area contributed by atoms with Gasteiger partial charge in [0.15, 0.2) is 0 Å². The largest absolute Gasteiger partial charge is 0.361 e. The van der Waals surface area contributed by atoms with Gasteiger partial charge in [-0.05, 0) is 25.5 Å². The van der Waals surface area contributed by atoms with Crippen molar-refractivity contribution in [3.05, 3.63) is 30.3 Å². The van der Waals surface area contributed by atoms with E-state index in [1.807, 2.05) is 44.2 Å². The first-order chi connectivity index (χ1) is 8.70. The van der Waals surface area contributed by atoms with Crippen LogP contribution >= 0.6 is 11.6 Å². The van der Waals surface area contributed by atoms with Crippen LogP contribution in [0.1, 0.15) is 26.7 Å². The number of hydrogen-bond donors (Lipinski definition) is 0. The number of nitrogens with zero attached hydrogens (tertiary/aromatic N) is 1. The third-order valence-corrected chi connectivity index (χ3v) is 2.97. The fraction of sp³-hybridized carbons (Fsp3) is 0.500. The van der Waals surface area contributed by atoms with Crippen LogP contribution < -0.4 is 4.90 Å². The van der Waals surface area contributed by atoms with E-state index in [4.69, 9.17) is 16.3 Å². The number of anilines is 1. The number of benzene rings is 1. The van der Waals surface area contributed by atoms with Crippen LogP contribution in [0.4, 0.5) is 5.69 Å². The molecule has 100 valence electrons. The molecule has 18 heavy (non-hydrogen) atoms. The lowest BCUT2D eigenvalue weighted by atomic mass is 10.2. The number of ether oxygens (including phenoxy) is 1. The highest BCUT2D eigenvalue weighted by Gasteiger charge is 2.22. The van der Waals surface area contributed by atoms with Gasteiger partial charge in [-0.3, -0.25) is 9.69 Å². The molecule has 0 spiro atoms. The average Bonchev–Trinajstić information content (AvgIpc) is 2.40. The third kappa shape index (κ3) is 4.31. The minimum atomic E-state index is -0.490. The molecule has 0 aromatic heterocycles. The Morgan fingerprint density at radius 3 is 2.56 bits per heavy atom. The summed E-state index contributed by atoms with van der Waals surface area (Å²) < 4.78 is 5.35. The van der Waals surface area contributed by atoms with Crippen molar-refractivity contribution in [1.29, 1.82) is 0 Å². The van der Waals surface area contributed by atoms with Crippen molar-refractivity contribution in [2.45, 2.75) is 32.1 Å². The Hall–Kier alpha value is -1.06. The number of carbonyl (C=O) groups excluding carboxylic acids is 1. The van der Waals surface area contributed by atoms with Crippen LogP contribution in [0.5, 0.6) is 0 Å². The number of rotatable bonds is 7. The SMILES string of the molecule is CCCC(Cl)C(=O)N(COCC)c1ccccc1. The van der Waals surface area contributed by atoms with Crippen molar-refractivity contribution in [3.63, 3.8) is 0 Å². The summed E-state index contributed by atoms with van der Waals surface area (Å²) in [7, 11) is 0. The summed E-state index contributed by atoms with van der Waals surface area (Å²) in [5, 5.41) is -0.490. The van der Waals surface area contributed by atoms with Crippen molar-refractivity contribution in [2.75, 3.05) is 18.2 Å². The molecule has 0 N–H and O–H groups in total. The van der Waals surface area contributed by atoms with E-state index in [2.05, 4.69) is 0 Å². The summed E-state index contributed by atoms with van der Waals surface area (Å²) in [6.45, 7) is 4.72. The zero-order valence-corrected chi connectivity index (χ0v) is 11.7. The summed E-state index contributed by atoms with van der Waals surface area (Å²) >= 11 is 6.11. The van der Waals surface area contributed by atoms with E-state index in [9.17, 15) is 4.79 Å². The molecule has 0 fully saturated rings. The average molecular weight is 270 g/mol. The van der Waals surface area contributed by atoms with Gasteiger partial charge in [-0.25, -0.2) is 0 Å². The van der Waals surface area contributed by atoms with E-state index in [0.29, 0.717) is 13.0 Å². The quantitative estimate of drug-likeness (QED) is 0.561. The second kappa shape index (κ2) is 8.11. The topological polar surface area (TPSA) is 29.5 Å². The van der Waals surface area contributed by atoms with E-state index >= 15 is 0 Å². The maximum Gasteiger partial charge on any atom is 0.246 e. The Morgan fingerprint density at radius 2 is 2.00 bits per heavy atom. The summed E-state index contributed by atoms with van der Waals surface area (Å²) in [6, 6.07) is 9.46. The molecule has 0 heterocycles. The molecule has 1 atom stereocenters. The van der Waals surface area contributed by atoms with Gasteiger partial charge in [0.1, 0.15) is 12.1 Å². The Morgan fingerprint density at radius 1 is 1.33 bits per heavy atom. The van der Waals surface area contributed by atoms with Crippen molar-refractivity contribution in [2.24, 2.45) is 0 Å². The molecule has 0 bridgehead atoms. The smallest absolute Gasteiger partial charge is 0.246 e. The first kappa shape index (κ1) is 15.0. The number of carbonyl (C=O) groups is 1. The van der Waals surface area contributed by atoms with E-state index in [0.717, 1.165) is 12.1 Å². The number of hydrogen-bond acceptors (Lipinski definition) is 2. The molecule has 0 saturated heterocycles. The summed E-state index contributed by atoms with van der Waals surface area (Å²) in [5.74, 6) is -0.0989. The predicted octanol–water partition coefficient (Wildman–Crippen LogP) is 3.42. The monoisotopic (exact) mass is 269 g/mol. The first-order valence-electron chi connectivity index (χ1n) is 6.28. The molecule has 4 heteroatoms. The Kier molecular flexibility index (Phi) is 6.76. The van der Waals surface area contributed by atoms with Gasteiger partial charge in [-0.1, -0.05) is 31.5 Å². The van der Waals surface area contributed by atoms with E-state index in [1.165, 1.54) is 0 Å². The van der Waals surface area contributed by atoms with E-state index in [-0.39, 0.29) is 12.6 Å². The number of amides is 1. The predicted molar refractivity (Wildman–Crippen MR) is 75.0 cm³/mol. The van der Waals surface area contributed by atoms with E-state index in [1.54, 1.807) is 4.90 Å². The molecule has 1 aromatic carbocycles. The highest BCUT2D eigenvalue weighted by atomic mass is 35.5. The summed E-state index contributed by atoms with van der Waals surface area (Å²) in [5.41, 5.74) is 0.817. The normalized spacial score (nSPS) is 12.2. The van der Waals surface area contributed by atoms with Crippen LogP contribution in [0.2, 0.25) is 0 Å². The lowest BCUT2D eigenvalue weighted by Crippen LogP contribution is -2.38. The first-order valence-corrected chi connectivity index (χ1v) is 6.72. The Labute approximate surface area is 114 Å². The van der Waals surface area contributed by atoms with Gasteiger partial charge < -0.3 is 4.74 Å². The van der Waals surface area contributed by atoms with Gasteiger partial charge in [-0.2, -0.15) is 0 Å². The zero-order valence-electron chi connectivity index (χ0n) is 10.9. The molecule has 0 aliphatic heterocycles. The molecular weight excluding hydrogens is 250 g/mol. The molecule has 0 saturated carbocycles.